The van der Waals surface area contributed by atoms with Crippen LogP contribution in [0.25, 0.3) is 0 Å². The van der Waals surface area contributed by atoms with Crippen LogP contribution in [-0.4, -0.2) is 36.5 Å². The smallest absolute Gasteiger partial charge is 0.295 e. The lowest BCUT2D eigenvalue weighted by molar-refractivity contribution is -0.384. The van der Waals surface area contributed by atoms with Gasteiger partial charge in [-0.05, 0) is 24.3 Å². The molecule has 0 aromatic heterocycles. The minimum absolute atomic E-state index is 0.0488. The number of amides is 1. The molecule has 2 aliphatic rings. The second kappa shape index (κ2) is 7.26. The lowest BCUT2D eigenvalue weighted by Gasteiger charge is -2.23. The van der Waals surface area contributed by atoms with Crippen LogP contribution in [0.5, 0.6) is 0 Å². The molecule has 0 spiro atoms. The van der Waals surface area contributed by atoms with Gasteiger partial charge in [-0.25, -0.2) is 13.2 Å². The number of rotatable bonds is 6. The molecule has 1 saturated heterocycles. The summed E-state index contributed by atoms with van der Waals surface area (Å²) in [5.74, 6) is -1.99. The van der Waals surface area contributed by atoms with E-state index in [0.29, 0.717) is 18.8 Å². The number of nitro groups is 1. The van der Waals surface area contributed by atoms with E-state index in [0.717, 1.165) is 18.2 Å². The third-order valence-electron chi connectivity index (χ3n) is 5.37. The Labute approximate surface area is 163 Å². The SMILES string of the molecule is O=C(CNc1ccc(F)cc1[N+](=O)[O-])NC1C2CN(c3ccc(F)cc3F)CC21. The Morgan fingerprint density at radius 1 is 1.10 bits per heavy atom. The van der Waals surface area contributed by atoms with Crippen LogP contribution in [-0.2, 0) is 4.79 Å². The van der Waals surface area contributed by atoms with Crippen molar-refractivity contribution in [3.63, 3.8) is 0 Å². The van der Waals surface area contributed by atoms with Crippen LogP contribution in [0, 0.1) is 39.4 Å². The van der Waals surface area contributed by atoms with Crippen LogP contribution in [0.1, 0.15) is 0 Å². The number of piperidine rings is 1. The predicted octanol–water partition coefficient (Wildman–Crippen LogP) is 2.68. The quantitative estimate of drug-likeness (QED) is 0.569. The van der Waals surface area contributed by atoms with E-state index in [1.54, 1.807) is 0 Å². The monoisotopic (exact) mass is 406 g/mol. The van der Waals surface area contributed by atoms with E-state index in [1.165, 1.54) is 18.2 Å². The van der Waals surface area contributed by atoms with Gasteiger partial charge in [-0.3, -0.25) is 14.9 Å². The molecule has 2 unspecified atom stereocenters. The maximum Gasteiger partial charge on any atom is 0.295 e. The van der Waals surface area contributed by atoms with Crippen LogP contribution in [0.2, 0.25) is 0 Å². The molecule has 7 nitrogen and oxygen atoms in total. The average molecular weight is 406 g/mol. The molecule has 0 radical (unpaired) electrons. The highest BCUT2D eigenvalue weighted by Crippen LogP contribution is 2.47. The molecule has 0 bridgehead atoms. The van der Waals surface area contributed by atoms with Crippen molar-refractivity contribution in [2.24, 2.45) is 11.8 Å². The van der Waals surface area contributed by atoms with E-state index in [-0.39, 0.29) is 36.0 Å². The second-order valence-electron chi connectivity index (χ2n) is 7.19. The van der Waals surface area contributed by atoms with Gasteiger partial charge in [0.05, 0.1) is 23.2 Å². The van der Waals surface area contributed by atoms with Crippen LogP contribution >= 0.6 is 0 Å². The summed E-state index contributed by atoms with van der Waals surface area (Å²) in [6.07, 6.45) is 0. The Bertz CT molecular complexity index is 975. The van der Waals surface area contributed by atoms with Crippen molar-refractivity contribution in [3.05, 3.63) is 64.0 Å². The first-order valence-corrected chi connectivity index (χ1v) is 9.00. The standard InChI is InChI=1S/C19H17F3N4O3/c20-10-2-4-16(14(22)5-10)25-8-12-13(9-25)19(12)24-18(27)7-23-15-3-1-11(21)6-17(15)26(28)29/h1-6,12-13,19,23H,7-9H2,(H,24,27). The fraction of sp³-hybridized carbons (Fsp3) is 0.316. The topological polar surface area (TPSA) is 87.5 Å². The lowest BCUT2D eigenvalue weighted by Crippen LogP contribution is -2.37. The van der Waals surface area contributed by atoms with Crippen molar-refractivity contribution in [2.45, 2.75) is 6.04 Å². The number of fused-ring (bicyclic) bond motifs is 1. The van der Waals surface area contributed by atoms with E-state index < -0.39 is 28.1 Å². The zero-order chi connectivity index (χ0) is 20.7. The third-order valence-corrected chi connectivity index (χ3v) is 5.37. The number of nitrogens with zero attached hydrogens (tertiary/aromatic N) is 2. The number of nitrogens with one attached hydrogen (secondary N) is 2. The van der Waals surface area contributed by atoms with E-state index in [1.807, 2.05) is 4.90 Å². The fourth-order valence-corrected chi connectivity index (χ4v) is 3.89. The number of anilines is 2. The number of halogens is 3. The van der Waals surface area contributed by atoms with E-state index >= 15 is 0 Å². The summed E-state index contributed by atoms with van der Waals surface area (Å²) in [5.41, 5.74) is -0.0486. The first kappa shape index (κ1) is 19.0. The first-order chi connectivity index (χ1) is 13.8. The summed E-state index contributed by atoms with van der Waals surface area (Å²) >= 11 is 0. The molecule has 1 heterocycles. The van der Waals surface area contributed by atoms with Gasteiger partial charge in [-0.1, -0.05) is 0 Å². The van der Waals surface area contributed by atoms with Gasteiger partial charge in [0.2, 0.25) is 5.91 Å². The maximum atomic E-state index is 13.9. The predicted molar refractivity (Wildman–Crippen MR) is 99.0 cm³/mol. The summed E-state index contributed by atoms with van der Waals surface area (Å²) in [6.45, 7) is 0.906. The van der Waals surface area contributed by atoms with Crippen molar-refractivity contribution in [2.75, 3.05) is 29.9 Å². The molecule has 2 N–H and O–H groups in total. The van der Waals surface area contributed by atoms with Crippen LogP contribution in [0.15, 0.2) is 36.4 Å². The van der Waals surface area contributed by atoms with Crippen molar-refractivity contribution < 1.29 is 22.9 Å². The van der Waals surface area contributed by atoms with Crippen molar-refractivity contribution in [1.29, 1.82) is 0 Å². The Kier molecular flexibility index (Phi) is 4.77. The molecular weight excluding hydrogens is 389 g/mol. The molecule has 29 heavy (non-hydrogen) atoms. The summed E-state index contributed by atoms with van der Waals surface area (Å²) < 4.78 is 40.1. The maximum absolute atomic E-state index is 13.9. The van der Waals surface area contributed by atoms with Crippen molar-refractivity contribution in [1.82, 2.24) is 5.32 Å². The van der Waals surface area contributed by atoms with Gasteiger partial charge in [-0.2, -0.15) is 0 Å². The number of benzene rings is 2. The molecular formula is C19H17F3N4O3. The van der Waals surface area contributed by atoms with E-state index in [4.69, 9.17) is 0 Å². The Morgan fingerprint density at radius 2 is 1.76 bits per heavy atom. The number of hydrogen-bond acceptors (Lipinski definition) is 5. The van der Waals surface area contributed by atoms with Gasteiger partial charge < -0.3 is 15.5 Å². The molecule has 4 rings (SSSR count). The molecule has 2 aromatic carbocycles. The summed E-state index contributed by atoms with van der Waals surface area (Å²) in [5, 5.41) is 16.5. The zero-order valence-electron chi connectivity index (χ0n) is 15.1. The molecule has 2 aromatic rings. The summed E-state index contributed by atoms with van der Waals surface area (Å²) in [7, 11) is 0. The minimum Gasteiger partial charge on any atom is -0.371 e. The van der Waals surface area contributed by atoms with Gasteiger partial charge >= 0.3 is 0 Å². The molecule has 2 fully saturated rings. The van der Waals surface area contributed by atoms with Gasteiger partial charge in [0.1, 0.15) is 23.1 Å². The molecule has 10 heteroatoms. The second-order valence-corrected chi connectivity index (χ2v) is 7.19. The van der Waals surface area contributed by atoms with E-state index in [2.05, 4.69) is 10.6 Å². The number of nitro benzene ring substituents is 1. The first-order valence-electron chi connectivity index (χ1n) is 9.00. The fourth-order valence-electron chi connectivity index (χ4n) is 3.89. The van der Waals surface area contributed by atoms with Gasteiger partial charge in [0.25, 0.3) is 5.69 Å². The molecule has 1 amide bonds. The van der Waals surface area contributed by atoms with Crippen LogP contribution < -0.4 is 15.5 Å². The normalized spacial score (nSPS) is 22.2. The molecule has 1 saturated carbocycles. The minimum atomic E-state index is -0.736. The van der Waals surface area contributed by atoms with Gasteiger partial charge in [-0.15, -0.1) is 0 Å². The molecule has 152 valence electrons. The molecule has 1 aliphatic carbocycles. The van der Waals surface area contributed by atoms with Crippen molar-refractivity contribution in [3.8, 4) is 0 Å². The highest BCUT2D eigenvalue weighted by Gasteiger charge is 2.56. The Morgan fingerprint density at radius 3 is 2.41 bits per heavy atom. The molecule has 1 aliphatic heterocycles. The van der Waals surface area contributed by atoms with Crippen LogP contribution in [0.4, 0.5) is 30.2 Å². The number of hydrogen-bond donors (Lipinski definition) is 2. The average Bonchev–Trinajstić information content (AvgIpc) is 3.09. The summed E-state index contributed by atoms with van der Waals surface area (Å²) in [6, 6.07) is 6.48. The van der Waals surface area contributed by atoms with Gasteiger partial charge in [0, 0.05) is 37.0 Å². The Hall–Kier alpha value is -3.30. The largest absolute Gasteiger partial charge is 0.371 e. The number of carbonyl (C=O) groups is 1. The van der Waals surface area contributed by atoms with Gasteiger partial charge in [0.15, 0.2) is 0 Å². The Balaban J connectivity index is 1.28. The number of carbonyl (C=O) groups excluding carboxylic acids is 1. The van der Waals surface area contributed by atoms with E-state index in [9.17, 15) is 28.1 Å². The molecule has 2 atom stereocenters. The third kappa shape index (κ3) is 3.82. The highest BCUT2D eigenvalue weighted by atomic mass is 19.1. The summed E-state index contributed by atoms with van der Waals surface area (Å²) in [4.78, 5) is 24.2. The van der Waals surface area contributed by atoms with Crippen molar-refractivity contribution >= 4 is 23.0 Å². The lowest BCUT2D eigenvalue weighted by atomic mass is 10.2. The zero-order valence-corrected chi connectivity index (χ0v) is 15.1. The highest BCUT2D eigenvalue weighted by molar-refractivity contribution is 5.82. The van der Waals surface area contributed by atoms with Crippen LogP contribution in [0.3, 0.4) is 0 Å².